The van der Waals surface area contributed by atoms with Gasteiger partial charge in [-0.1, -0.05) is 27.7 Å². The Labute approximate surface area is 262 Å². The first-order chi connectivity index (χ1) is 20.8. The highest BCUT2D eigenvalue weighted by Gasteiger charge is 2.46. The normalized spacial score (nSPS) is 16.6. The number of alkyl halides is 3. The molecule has 0 saturated carbocycles. The average Bonchev–Trinajstić information content (AvgIpc) is 3.27. The van der Waals surface area contributed by atoms with Crippen LogP contribution in [-0.2, 0) is 20.8 Å². The second-order valence-electron chi connectivity index (χ2n) is 13.1. The van der Waals surface area contributed by atoms with Crippen molar-refractivity contribution >= 4 is 38.7 Å². The minimum atomic E-state index is -4.71. The fourth-order valence-corrected chi connectivity index (χ4v) is 6.10. The summed E-state index contributed by atoms with van der Waals surface area (Å²) in [7, 11) is -1.91. The Balaban J connectivity index is 1.77. The molecule has 3 aromatic rings. The number of esters is 1. The monoisotopic (exact) mass is 639 g/mol. The second kappa shape index (κ2) is 12.1. The molecule has 2 N–H and O–H groups in total. The van der Waals surface area contributed by atoms with Crippen LogP contribution < -0.4 is 10.1 Å². The first kappa shape index (κ1) is 34.0. The Hall–Kier alpha value is -3.93. The molecule has 0 aliphatic carbocycles. The van der Waals surface area contributed by atoms with Crippen molar-refractivity contribution in [2.24, 2.45) is 0 Å². The molecular weight excluding hydrogens is 602 g/mol. The van der Waals surface area contributed by atoms with Crippen molar-refractivity contribution in [2.45, 2.75) is 64.2 Å². The summed E-state index contributed by atoms with van der Waals surface area (Å²) in [6, 6.07) is 10.3. The molecule has 0 bridgehead atoms. The standard InChI is InChI=1S/C31H37BF3N5O4Si/c1-29(2,3)45(7,8)44-18-30(4)17-40(32(5)42)26-21(16-36)11-19(14-24(26)30)25-9-10-37-28(39-25)38-23-13-20(27(41)43-6)12-22(15-23)31(33,34)35/h9-15,42H,17-18H2,1-8H3,(H,37,38,39). The van der Waals surface area contributed by atoms with Gasteiger partial charge in [-0.25, -0.2) is 14.8 Å². The highest BCUT2D eigenvalue weighted by Crippen LogP contribution is 2.47. The zero-order valence-electron chi connectivity index (χ0n) is 26.6. The molecule has 14 heteroatoms. The average molecular weight is 640 g/mol. The number of benzene rings is 2. The maximum absolute atomic E-state index is 13.6. The molecule has 45 heavy (non-hydrogen) atoms. The number of nitriles is 1. The summed E-state index contributed by atoms with van der Waals surface area (Å²) in [5.41, 5.74) is 0.837. The molecule has 1 aromatic heterocycles. The van der Waals surface area contributed by atoms with Gasteiger partial charge in [0.25, 0.3) is 0 Å². The number of rotatable bonds is 8. The van der Waals surface area contributed by atoms with Crippen molar-refractivity contribution in [1.82, 2.24) is 9.97 Å². The third-order valence-electron chi connectivity index (χ3n) is 8.58. The minimum absolute atomic E-state index is 0.0173. The van der Waals surface area contributed by atoms with Gasteiger partial charge in [-0.2, -0.15) is 18.4 Å². The summed E-state index contributed by atoms with van der Waals surface area (Å²) in [5, 5.41) is 23.6. The van der Waals surface area contributed by atoms with Crippen molar-refractivity contribution in [3.63, 3.8) is 0 Å². The van der Waals surface area contributed by atoms with Crippen molar-refractivity contribution in [3.8, 4) is 17.3 Å². The van der Waals surface area contributed by atoms with Gasteiger partial charge in [0.15, 0.2) is 8.32 Å². The van der Waals surface area contributed by atoms with Crippen LogP contribution in [0.4, 0.5) is 30.5 Å². The van der Waals surface area contributed by atoms with E-state index in [9.17, 15) is 28.3 Å². The van der Waals surface area contributed by atoms with Crippen LogP contribution in [0, 0.1) is 11.3 Å². The van der Waals surface area contributed by atoms with Gasteiger partial charge in [0.1, 0.15) is 6.07 Å². The zero-order chi connectivity index (χ0) is 33.5. The smallest absolute Gasteiger partial charge is 0.416 e. The van der Waals surface area contributed by atoms with Crippen LogP contribution in [0.15, 0.2) is 42.6 Å². The van der Waals surface area contributed by atoms with Gasteiger partial charge in [-0.05, 0) is 66.9 Å². The molecule has 238 valence electrons. The minimum Gasteiger partial charge on any atom is -0.465 e. The molecule has 0 radical (unpaired) electrons. The first-order valence-corrected chi connectivity index (χ1v) is 17.3. The van der Waals surface area contributed by atoms with Crippen LogP contribution >= 0.6 is 0 Å². The lowest BCUT2D eigenvalue weighted by atomic mass is 9.83. The molecule has 0 saturated heterocycles. The van der Waals surface area contributed by atoms with E-state index in [1.165, 1.54) is 12.3 Å². The third-order valence-corrected chi connectivity index (χ3v) is 13.1. The summed E-state index contributed by atoms with van der Waals surface area (Å²) in [5.74, 6) is -0.941. The number of carbonyl (C=O) groups is 1. The number of aromatic nitrogens is 2. The number of hydrogen-bond acceptors (Lipinski definition) is 9. The van der Waals surface area contributed by atoms with Gasteiger partial charge < -0.3 is 24.3 Å². The second-order valence-corrected chi connectivity index (χ2v) is 17.9. The topological polar surface area (TPSA) is 121 Å². The zero-order valence-corrected chi connectivity index (χ0v) is 27.6. The van der Waals surface area contributed by atoms with E-state index < -0.39 is 38.5 Å². The summed E-state index contributed by atoms with van der Waals surface area (Å²) >= 11 is 0. The van der Waals surface area contributed by atoms with Crippen LogP contribution in [0.25, 0.3) is 11.3 Å². The van der Waals surface area contributed by atoms with E-state index in [2.05, 4.69) is 60.0 Å². The highest BCUT2D eigenvalue weighted by atomic mass is 28.4. The van der Waals surface area contributed by atoms with Crippen LogP contribution in [-0.4, -0.2) is 56.6 Å². The van der Waals surface area contributed by atoms with E-state index in [1.807, 2.05) is 13.0 Å². The summed E-state index contributed by atoms with van der Waals surface area (Å²) in [6.45, 7) is 15.3. The van der Waals surface area contributed by atoms with E-state index in [0.717, 1.165) is 18.7 Å². The largest absolute Gasteiger partial charge is 0.465 e. The van der Waals surface area contributed by atoms with Gasteiger partial charge >= 0.3 is 19.2 Å². The van der Waals surface area contributed by atoms with Crippen molar-refractivity contribution in [3.05, 3.63) is 64.8 Å². The van der Waals surface area contributed by atoms with E-state index in [0.29, 0.717) is 41.7 Å². The molecular formula is C31H37BF3N5O4Si. The van der Waals surface area contributed by atoms with Gasteiger partial charge in [0, 0.05) is 41.7 Å². The fraction of sp³-hybridized carbons (Fsp3) is 0.419. The van der Waals surface area contributed by atoms with E-state index in [4.69, 9.17) is 4.43 Å². The lowest BCUT2D eigenvalue weighted by Gasteiger charge is -2.39. The van der Waals surface area contributed by atoms with Gasteiger partial charge in [0.2, 0.25) is 5.95 Å². The number of nitrogens with one attached hydrogen (secondary N) is 1. The molecule has 1 aliphatic rings. The van der Waals surface area contributed by atoms with Crippen LogP contribution in [0.1, 0.15) is 54.7 Å². The quantitative estimate of drug-likeness (QED) is 0.203. The molecule has 0 amide bonds. The van der Waals surface area contributed by atoms with E-state index in [1.54, 1.807) is 23.8 Å². The highest BCUT2D eigenvalue weighted by molar-refractivity contribution is 6.74. The molecule has 1 aliphatic heterocycles. The Bertz CT molecular complexity index is 1660. The van der Waals surface area contributed by atoms with Crippen LogP contribution in [0.3, 0.4) is 0 Å². The predicted octanol–water partition coefficient (Wildman–Crippen LogP) is 6.77. The third kappa shape index (κ3) is 7.00. The lowest BCUT2D eigenvalue weighted by Crippen LogP contribution is -2.47. The molecule has 1 unspecified atom stereocenters. The van der Waals surface area contributed by atoms with Crippen LogP contribution in [0.5, 0.6) is 0 Å². The van der Waals surface area contributed by atoms with Crippen LogP contribution in [0.2, 0.25) is 25.0 Å². The summed E-state index contributed by atoms with van der Waals surface area (Å²) in [6.07, 6.45) is -3.26. The van der Waals surface area contributed by atoms with Crippen molar-refractivity contribution in [1.29, 1.82) is 5.26 Å². The molecule has 4 rings (SSSR count). The number of hydrogen-bond donors (Lipinski definition) is 2. The van der Waals surface area contributed by atoms with E-state index in [-0.39, 0.29) is 22.2 Å². The number of nitrogens with zero attached hydrogens (tertiary/aromatic N) is 4. The molecule has 0 spiro atoms. The Kier molecular flexibility index (Phi) is 9.14. The number of halogens is 3. The van der Waals surface area contributed by atoms with Crippen molar-refractivity contribution in [2.75, 3.05) is 30.4 Å². The molecule has 1 atom stereocenters. The fourth-order valence-electron chi connectivity index (χ4n) is 4.98. The Morgan fingerprint density at radius 3 is 2.49 bits per heavy atom. The molecule has 9 nitrogen and oxygen atoms in total. The number of carbonyl (C=O) groups excluding carboxylic acids is 1. The first-order valence-electron chi connectivity index (χ1n) is 14.4. The van der Waals surface area contributed by atoms with Crippen molar-refractivity contribution < 1.29 is 32.2 Å². The molecule has 2 heterocycles. The van der Waals surface area contributed by atoms with Gasteiger partial charge in [0.05, 0.1) is 29.5 Å². The number of methoxy groups -OCH3 is 1. The Morgan fingerprint density at radius 1 is 1.22 bits per heavy atom. The maximum atomic E-state index is 13.6. The predicted molar refractivity (Wildman–Crippen MR) is 170 cm³/mol. The Morgan fingerprint density at radius 2 is 1.91 bits per heavy atom. The summed E-state index contributed by atoms with van der Waals surface area (Å²) < 4.78 is 52.0. The van der Waals surface area contributed by atoms with Gasteiger partial charge in [-0.3, -0.25) is 0 Å². The number of fused-ring (bicyclic) bond motifs is 1. The summed E-state index contributed by atoms with van der Waals surface area (Å²) in [4.78, 5) is 22.5. The number of anilines is 3. The SMILES string of the molecule is COC(=O)c1cc(Nc2nccc(-c3cc(C#N)c4c(c3)C(C)(CO[Si](C)(C)C(C)(C)C)CN4B(C)O)n2)cc(C(F)(F)F)c1. The molecule has 0 fully saturated rings. The number of ether oxygens (including phenoxy) is 1. The maximum Gasteiger partial charge on any atom is 0.416 e. The molecule has 2 aromatic carbocycles. The van der Waals surface area contributed by atoms with Gasteiger partial charge in [-0.15, -0.1) is 0 Å². The van der Waals surface area contributed by atoms with E-state index >= 15 is 0 Å². The lowest BCUT2D eigenvalue weighted by molar-refractivity contribution is -0.137.